The van der Waals surface area contributed by atoms with E-state index in [2.05, 4.69) is 10.4 Å². The van der Waals surface area contributed by atoms with Gasteiger partial charge in [-0.25, -0.2) is 0 Å². The van der Waals surface area contributed by atoms with Crippen molar-refractivity contribution in [3.8, 4) is 0 Å². The lowest BCUT2D eigenvalue weighted by Crippen LogP contribution is -2.30. The Bertz CT molecular complexity index is 760. The first kappa shape index (κ1) is 18.7. The van der Waals surface area contributed by atoms with Crippen molar-refractivity contribution >= 4 is 17.6 Å². The van der Waals surface area contributed by atoms with E-state index in [4.69, 9.17) is 4.74 Å². The second kappa shape index (κ2) is 7.96. The second-order valence-corrected chi connectivity index (χ2v) is 6.29. The first-order valence-corrected chi connectivity index (χ1v) is 8.35. The summed E-state index contributed by atoms with van der Waals surface area (Å²) in [6.07, 6.45) is -0.685. The normalized spacial score (nSPS) is 11.9. The van der Waals surface area contributed by atoms with E-state index < -0.39 is 12.1 Å². The van der Waals surface area contributed by atoms with Crippen molar-refractivity contribution in [3.63, 3.8) is 0 Å². The molecule has 134 valence electrons. The fraction of sp³-hybridized carbons (Fsp3) is 0.421. The third-order valence-electron chi connectivity index (χ3n) is 4.04. The van der Waals surface area contributed by atoms with Crippen LogP contribution in [0.3, 0.4) is 0 Å². The lowest BCUT2D eigenvalue weighted by Gasteiger charge is -2.16. The molecule has 1 aromatic heterocycles. The van der Waals surface area contributed by atoms with E-state index in [-0.39, 0.29) is 12.3 Å². The largest absolute Gasteiger partial charge is 0.452 e. The first-order valence-electron chi connectivity index (χ1n) is 8.35. The summed E-state index contributed by atoms with van der Waals surface area (Å²) < 4.78 is 7.00. The van der Waals surface area contributed by atoms with Gasteiger partial charge in [0.15, 0.2) is 6.10 Å². The van der Waals surface area contributed by atoms with Gasteiger partial charge in [-0.3, -0.25) is 14.3 Å². The minimum Gasteiger partial charge on any atom is -0.452 e. The zero-order valence-electron chi connectivity index (χ0n) is 15.4. The molecule has 6 heteroatoms. The summed E-state index contributed by atoms with van der Waals surface area (Å²) in [5.41, 5.74) is 4.60. The SMILES string of the molecule is Cc1cc(C)n(CCC(=O)OC(C)C(=O)Nc2c(C)cccc2C)n1. The van der Waals surface area contributed by atoms with Crippen molar-refractivity contribution in [1.29, 1.82) is 0 Å². The molecule has 25 heavy (non-hydrogen) atoms. The molecule has 0 radical (unpaired) electrons. The number of rotatable bonds is 6. The van der Waals surface area contributed by atoms with Crippen LogP contribution in [0, 0.1) is 27.7 Å². The predicted octanol–water partition coefficient (Wildman–Crippen LogP) is 3.08. The summed E-state index contributed by atoms with van der Waals surface area (Å²) in [6.45, 7) is 9.70. The maximum atomic E-state index is 12.3. The van der Waals surface area contributed by atoms with Gasteiger partial charge >= 0.3 is 5.97 Å². The van der Waals surface area contributed by atoms with Gasteiger partial charge in [0.2, 0.25) is 0 Å². The molecule has 0 bridgehead atoms. The Morgan fingerprint density at radius 1 is 1.20 bits per heavy atom. The van der Waals surface area contributed by atoms with Gasteiger partial charge in [0.05, 0.1) is 18.7 Å². The number of hydrogen-bond acceptors (Lipinski definition) is 4. The van der Waals surface area contributed by atoms with Crippen LogP contribution in [0.25, 0.3) is 0 Å². The van der Waals surface area contributed by atoms with Gasteiger partial charge in [0.1, 0.15) is 0 Å². The molecule has 0 fully saturated rings. The van der Waals surface area contributed by atoms with Crippen LogP contribution in [0.15, 0.2) is 24.3 Å². The van der Waals surface area contributed by atoms with Crippen LogP contribution in [0.2, 0.25) is 0 Å². The number of amides is 1. The van der Waals surface area contributed by atoms with Gasteiger partial charge in [-0.2, -0.15) is 5.10 Å². The third-order valence-corrected chi connectivity index (χ3v) is 4.04. The minimum absolute atomic E-state index is 0.170. The number of nitrogens with zero attached hydrogens (tertiary/aromatic N) is 2. The van der Waals surface area contributed by atoms with Crippen molar-refractivity contribution in [2.45, 2.75) is 53.7 Å². The molecular formula is C19H25N3O3. The lowest BCUT2D eigenvalue weighted by atomic mass is 10.1. The number of hydrogen-bond donors (Lipinski definition) is 1. The number of carbonyl (C=O) groups excluding carboxylic acids is 2. The Balaban J connectivity index is 1.88. The standard InChI is InChI=1S/C19H25N3O3/c1-12-7-6-8-13(2)18(12)20-19(24)16(5)25-17(23)9-10-22-15(4)11-14(3)21-22/h6-8,11,16H,9-10H2,1-5H3,(H,20,24). The Kier molecular flexibility index (Phi) is 5.96. The number of aryl methyl sites for hydroxylation is 5. The third kappa shape index (κ3) is 4.92. The molecule has 1 heterocycles. The van der Waals surface area contributed by atoms with E-state index in [1.54, 1.807) is 11.6 Å². The molecule has 0 aliphatic rings. The Hall–Kier alpha value is -2.63. The van der Waals surface area contributed by atoms with Gasteiger partial charge in [0, 0.05) is 11.4 Å². The Morgan fingerprint density at radius 3 is 2.40 bits per heavy atom. The number of aromatic nitrogens is 2. The van der Waals surface area contributed by atoms with E-state index in [0.717, 1.165) is 28.2 Å². The first-order chi connectivity index (χ1) is 11.8. The molecule has 0 aliphatic carbocycles. The number of anilines is 1. The molecule has 0 saturated heterocycles. The highest BCUT2D eigenvalue weighted by molar-refractivity contribution is 5.96. The molecule has 1 unspecified atom stereocenters. The van der Waals surface area contributed by atoms with Crippen LogP contribution in [-0.4, -0.2) is 27.8 Å². The number of esters is 1. The van der Waals surface area contributed by atoms with Crippen molar-refractivity contribution < 1.29 is 14.3 Å². The highest BCUT2D eigenvalue weighted by Gasteiger charge is 2.19. The van der Waals surface area contributed by atoms with E-state index in [9.17, 15) is 9.59 Å². The summed E-state index contributed by atoms with van der Waals surface area (Å²) >= 11 is 0. The predicted molar refractivity (Wildman–Crippen MR) is 96.4 cm³/mol. The summed E-state index contributed by atoms with van der Waals surface area (Å²) in [5.74, 6) is -0.756. The van der Waals surface area contributed by atoms with Crippen molar-refractivity contribution in [1.82, 2.24) is 9.78 Å². The zero-order valence-corrected chi connectivity index (χ0v) is 15.4. The summed E-state index contributed by atoms with van der Waals surface area (Å²) in [6, 6.07) is 7.73. The highest BCUT2D eigenvalue weighted by atomic mass is 16.5. The average molecular weight is 343 g/mol. The molecule has 0 saturated carbocycles. The molecule has 1 amide bonds. The lowest BCUT2D eigenvalue weighted by molar-refractivity contribution is -0.153. The van der Waals surface area contributed by atoms with Crippen molar-refractivity contribution in [3.05, 3.63) is 46.8 Å². The number of ether oxygens (including phenoxy) is 1. The van der Waals surface area contributed by atoms with Gasteiger partial charge < -0.3 is 10.1 Å². The number of para-hydroxylation sites is 1. The van der Waals surface area contributed by atoms with Gasteiger partial charge in [-0.15, -0.1) is 0 Å². The van der Waals surface area contributed by atoms with Crippen molar-refractivity contribution in [2.24, 2.45) is 0 Å². The quantitative estimate of drug-likeness (QED) is 0.818. The smallest absolute Gasteiger partial charge is 0.308 e. The van der Waals surface area contributed by atoms with Gasteiger partial charge in [-0.05, 0) is 51.8 Å². The van der Waals surface area contributed by atoms with Crippen LogP contribution < -0.4 is 5.32 Å². The molecule has 2 rings (SSSR count). The minimum atomic E-state index is -0.855. The average Bonchev–Trinajstić information content (AvgIpc) is 2.86. The Labute approximate surface area is 148 Å². The van der Waals surface area contributed by atoms with E-state index in [0.29, 0.717) is 6.54 Å². The highest BCUT2D eigenvalue weighted by Crippen LogP contribution is 2.19. The van der Waals surface area contributed by atoms with E-state index in [1.165, 1.54) is 0 Å². The van der Waals surface area contributed by atoms with E-state index >= 15 is 0 Å². The van der Waals surface area contributed by atoms with Gasteiger partial charge in [0.25, 0.3) is 5.91 Å². The van der Waals surface area contributed by atoms with E-state index in [1.807, 2.05) is 52.0 Å². The fourth-order valence-electron chi connectivity index (χ4n) is 2.64. The van der Waals surface area contributed by atoms with Gasteiger partial charge in [-0.1, -0.05) is 18.2 Å². The Morgan fingerprint density at radius 2 is 1.84 bits per heavy atom. The molecule has 0 aliphatic heterocycles. The molecule has 2 aromatic rings. The molecule has 1 atom stereocenters. The van der Waals surface area contributed by atoms with Crippen LogP contribution in [0.1, 0.15) is 35.9 Å². The monoisotopic (exact) mass is 343 g/mol. The van der Waals surface area contributed by atoms with Crippen LogP contribution in [-0.2, 0) is 20.9 Å². The molecular weight excluding hydrogens is 318 g/mol. The van der Waals surface area contributed by atoms with Crippen molar-refractivity contribution in [2.75, 3.05) is 5.32 Å². The fourth-order valence-corrected chi connectivity index (χ4v) is 2.64. The number of benzene rings is 1. The number of nitrogens with one attached hydrogen (secondary N) is 1. The topological polar surface area (TPSA) is 73.2 Å². The summed E-state index contributed by atoms with van der Waals surface area (Å²) in [4.78, 5) is 24.3. The molecule has 1 N–H and O–H groups in total. The maximum absolute atomic E-state index is 12.3. The second-order valence-electron chi connectivity index (χ2n) is 6.29. The summed E-state index contributed by atoms with van der Waals surface area (Å²) in [7, 11) is 0. The molecule has 0 spiro atoms. The summed E-state index contributed by atoms with van der Waals surface area (Å²) in [5, 5.41) is 7.14. The zero-order chi connectivity index (χ0) is 18.6. The van der Waals surface area contributed by atoms with Crippen LogP contribution >= 0.6 is 0 Å². The molecule has 1 aromatic carbocycles. The number of carbonyl (C=O) groups is 2. The van der Waals surface area contributed by atoms with Crippen LogP contribution in [0.4, 0.5) is 5.69 Å². The molecule has 6 nitrogen and oxygen atoms in total. The maximum Gasteiger partial charge on any atom is 0.308 e. The van der Waals surface area contributed by atoms with Crippen LogP contribution in [0.5, 0.6) is 0 Å².